The molecule has 2 nitrogen and oxygen atoms in total. The smallest absolute Gasteiger partial charge is 0.129 e. The van der Waals surface area contributed by atoms with E-state index in [9.17, 15) is 0 Å². The highest BCUT2D eigenvalue weighted by Crippen LogP contribution is 2.40. The number of aryl methyl sites for hydroxylation is 1. The average Bonchev–Trinajstić information content (AvgIpc) is 3.17. The molecule has 0 radical (unpaired) electrons. The number of hydrogen-bond acceptors (Lipinski definition) is 1. The molecule has 0 saturated heterocycles. The molecule has 0 saturated carbocycles. The number of para-hydroxylation sites is 1. The molecule has 32 heavy (non-hydrogen) atoms. The van der Waals surface area contributed by atoms with Gasteiger partial charge in [0.2, 0.25) is 0 Å². The van der Waals surface area contributed by atoms with Crippen molar-refractivity contribution in [2.45, 2.75) is 6.92 Å². The van der Waals surface area contributed by atoms with E-state index in [1.807, 2.05) is 6.07 Å². The molecule has 5 rings (SSSR count). The Bertz CT molecular complexity index is 1490. The topological polar surface area (TPSA) is 14.2 Å². The van der Waals surface area contributed by atoms with Crippen molar-refractivity contribution in [3.05, 3.63) is 110 Å². The normalized spacial score (nSPS) is 11.1. The van der Waals surface area contributed by atoms with Crippen LogP contribution in [0.4, 0.5) is 0 Å². The second kappa shape index (κ2) is 7.90. The van der Waals surface area contributed by atoms with Crippen molar-refractivity contribution in [1.82, 2.24) is 4.57 Å². The van der Waals surface area contributed by atoms with Crippen LogP contribution < -0.4 is 4.74 Å². The van der Waals surface area contributed by atoms with Gasteiger partial charge in [-0.05, 0) is 59.5 Å². The van der Waals surface area contributed by atoms with Crippen LogP contribution in [0.2, 0.25) is 0 Å². The first-order chi connectivity index (χ1) is 15.6. The van der Waals surface area contributed by atoms with E-state index < -0.39 is 0 Å². The monoisotopic (exact) mass is 415 g/mol. The van der Waals surface area contributed by atoms with Crippen molar-refractivity contribution in [3.8, 4) is 28.0 Å². The third kappa shape index (κ3) is 3.12. The molecule has 0 aliphatic rings. The molecule has 0 spiro atoms. The van der Waals surface area contributed by atoms with Gasteiger partial charge in [-0.2, -0.15) is 0 Å². The van der Waals surface area contributed by atoms with Crippen LogP contribution in [-0.4, -0.2) is 11.7 Å². The molecular weight excluding hydrogens is 390 g/mol. The van der Waals surface area contributed by atoms with E-state index in [2.05, 4.69) is 104 Å². The van der Waals surface area contributed by atoms with E-state index >= 15 is 0 Å². The van der Waals surface area contributed by atoms with Gasteiger partial charge in [-0.1, -0.05) is 73.8 Å². The van der Waals surface area contributed by atoms with Gasteiger partial charge in [-0.25, -0.2) is 0 Å². The Kier molecular flexibility index (Phi) is 4.91. The van der Waals surface area contributed by atoms with Gasteiger partial charge < -0.3 is 9.30 Å². The average molecular weight is 416 g/mol. The summed E-state index contributed by atoms with van der Waals surface area (Å²) in [4.78, 5) is 0. The Balaban J connectivity index is 1.80. The highest BCUT2D eigenvalue weighted by atomic mass is 16.5. The molecule has 5 aromatic rings. The molecule has 0 fully saturated rings. The third-order valence-electron chi connectivity index (χ3n) is 6.09. The van der Waals surface area contributed by atoms with Gasteiger partial charge in [-0.15, -0.1) is 0 Å². The summed E-state index contributed by atoms with van der Waals surface area (Å²) in [7, 11) is 1.74. The van der Waals surface area contributed by atoms with Gasteiger partial charge >= 0.3 is 0 Å². The lowest BCUT2D eigenvalue weighted by Crippen LogP contribution is -1.95. The van der Waals surface area contributed by atoms with Crippen LogP contribution in [0.3, 0.4) is 0 Å². The molecule has 0 unspecified atom stereocenters. The number of allylic oxidation sites excluding steroid dienone is 2. The van der Waals surface area contributed by atoms with Crippen LogP contribution in [0.25, 0.3) is 49.8 Å². The fraction of sp³-hybridized carbons (Fsp3) is 0.0667. The van der Waals surface area contributed by atoms with E-state index in [0.717, 1.165) is 39.2 Å². The summed E-state index contributed by atoms with van der Waals surface area (Å²) in [6, 6.07) is 29.9. The van der Waals surface area contributed by atoms with Crippen LogP contribution in [0.15, 0.2) is 104 Å². The molecule has 0 amide bonds. The number of rotatable bonds is 5. The van der Waals surface area contributed by atoms with Crippen molar-refractivity contribution < 1.29 is 4.74 Å². The van der Waals surface area contributed by atoms with Crippen molar-refractivity contribution in [2.24, 2.45) is 0 Å². The first-order valence-electron chi connectivity index (χ1n) is 10.7. The predicted octanol–water partition coefficient (Wildman–Crippen LogP) is 8.10. The second-order valence-electron chi connectivity index (χ2n) is 8.02. The zero-order chi connectivity index (χ0) is 22.2. The van der Waals surface area contributed by atoms with Gasteiger partial charge in [0.1, 0.15) is 5.75 Å². The fourth-order valence-corrected chi connectivity index (χ4v) is 4.60. The van der Waals surface area contributed by atoms with Crippen molar-refractivity contribution in [3.63, 3.8) is 0 Å². The molecule has 1 aromatic heterocycles. The molecule has 0 aliphatic heterocycles. The predicted molar refractivity (Wildman–Crippen MR) is 137 cm³/mol. The first kappa shape index (κ1) is 19.9. The lowest BCUT2D eigenvalue weighted by atomic mass is 9.94. The van der Waals surface area contributed by atoms with E-state index in [0.29, 0.717) is 0 Å². The highest BCUT2D eigenvalue weighted by molar-refractivity contribution is 6.11. The highest BCUT2D eigenvalue weighted by Gasteiger charge is 2.16. The minimum Gasteiger partial charge on any atom is -0.496 e. The Morgan fingerprint density at radius 3 is 2.25 bits per heavy atom. The summed E-state index contributed by atoms with van der Waals surface area (Å²) < 4.78 is 8.03. The van der Waals surface area contributed by atoms with E-state index in [4.69, 9.17) is 4.74 Å². The number of hydrogen-bond donors (Lipinski definition) is 0. The Hall–Kier alpha value is -4.04. The molecule has 0 N–H and O–H groups in total. The molecule has 4 aromatic carbocycles. The molecule has 0 aliphatic carbocycles. The van der Waals surface area contributed by atoms with E-state index in [1.54, 1.807) is 13.2 Å². The van der Waals surface area contributed by atoms with E-state index in [-0.39, 0.29) is 0 Å². The van der Waals surface area contributed by atoms with Gasteiger partial charge in [-0.3, -0.25) is 0 Å². The summed E-state index contributed by atoms with van der Waals surface area (Å²) in [5, 5.41) is 2.40. The van der Waals surface area contributed by atoms with Gasteiger partial charge in [0.15, 0.2) is 0 Å². The number of methoxy groups -OCH3 is 1. The quantitative estimate of drug-likeness (QED) is 0.264. The van der Waals surface area contributed by atoms with Crippen LogP contribution in [0.1, 0.15) is 5.56 Å². The minimum atomic E-state index is 0.856. The number of ether oxygens (including phenoxy) is 1. The minimum absolute atomic E-state index is 0.856. The third-order valence-corrected chi connectivity index (χ3v) is 6.09. The zero-order valence-electron chi connectivity index (χ0n) is 18.4. The molecule has 156 valence electrons. The Morgan fingerprint density at radius 1 is 0.781 bits per heavy atom. The lowest BCUT2D eigenvalue weighted by Gasteiger charge is -2.15. The van der Waals surface area contributed by atoms with Gasteiger partial charge in [0.05, 0.1) is 18.1 Å². The van der Waals surface area contributed by atoms with Crippen molar-refractivity contribution in [1.29, 1.82) is 0 Å². The molecular formula is C30H25NO. The molecule has 2 heteroatoms. The second-order valence-corrected chi connectivity index (χ2v) is 8.02. The summed E-state index contributed by atoms with van der Waals surface area (Å²) >= 11 is 0. The van der Waals surface area contributed by atoms with Crippen LogP contribution in [0, 0.1) is 6.92 Å². The Labute approximate surface area is 188 Å². The first-order valence-corrected chi connectivity index (χ1v) is 10.7. The molecule has 1 heterocycles. The summed E-state index contributed by atoms with van der Waals surface area (Å²) in [6.07, 6.45) is 1.80. The van der Waals surface area contributed by atoms with Crippen LogP contribution >= 0.6 is 0 Å². The SMILES string of the molecule is C=CC(=C)n1c2ccccc2c2ccc(-c3cc(-c4ccccc4)cc(C)c3OC)cc21. The van der Waals surface area contributed by atoms with Gasteiger partial charge in [0.25, 0.3) is 0 Å². The fourth-order valence-electron chi connectivity index (χ4n) is 4.60. The standard InChI is InChI=1S/C30H25NO/c1-5-21(3)31-28-14-10-9-13-25(28)26-16-15-23(19-29(26)31)27-18-24(17-20(2)30(27)32-4)22-11-7-6-8-12-22/h5-19H,1,3H2,2,4H3. The summed E-state index contributed by atoms with van der Waals surface area (Å²) in [5.74, 6) is 0.897. The van der Waals surface area contributed by atoms with E-state index in [1.165, 1.54) is 21.9 Å². The maximum Gasteiger partial charge on any atom is 0.129 e. The van der Waals surface area contributed by atoms with Gasteiger partial charge in [0, 0.05) is 22.0 Å². The number of aromatic nitrogens is 1. The van der Waals surface area contributed by atoms with Crippen LogP contribution in [0.5, 0.6) is 5.75 Å². The zero-order valence-corrected chi connectivity index (χ0v) is 18.4. The summed E-state index contributed by atoms with van der Waals surface area (Å²) in [6.45, 7) is 10.3. The van der Waals surface area contributed by atoms with Crippen LogP contribution in [-0.2, 0) is 0 Å². The number of nitrogens with zero attached hydrogens (tertiary/aromatic N) is 1. The van der Waals surface area contributed by atoms with Crippen molar-refractivity contribution in [2.75, 3.05) is 7.11 Å². The Morgan fingerprint density at radius 2 is 1.50 bits per heavy atom. The maximum absolute atomic E-state index is 5.85. The lowest BCUT2D eigenvalue weighted by molar-refractivity contribution is 0.413. The number of benzene rings is 4. The largest absolute Gasteiger partial charge is 0.496 e. The molecule has 0 atom stereocenters. The number of fused-ring (bicyclic) bond motifs is 3. The summed E-state index contributed by atoms with van der Waals surface area (Å²) in [5.41, 5.74) is 8.76. The maximum atomic E-state index is 5.85. The molecule has 0 bridgehead atoms. The van der Waals surface area contributed by atoms with Crippen molar-refractivity contribution >= 4 is 27.5 Å².